The van der Waals surface area contributed by atoms with Gasteiger partial charge in [-0.25, -0.2) is 9.97 Å². The van der Waals surface area contributed by atoms with E-state index >= 15 is 0 Å². The fourth-order valence-electron chi connectivity index (χ4n) is 2.98. The predicted molar refractivity (Wildman–Crippen MR) is 99.7 cm³/mol. The zero-order chi connectivity index (χ0) is 19.7. The third kappa shape index (κ3) is 2.55. The highest BCUT2D eigenvalue weighted by Crippen LogP contribution is 2.37. The van der Waals surface area contributed by atoms with Gasteiger partial charge in [-0.2, -0.15) is 10.5 Å². The molecular weight excluding hydrogens is 346 g/mol. The largest absolute Gasteiger partial charge is 0.398 e. The maximum atomic E-state index is 11.0. The second kappa shape index (κ2) is 6.58. The summed E-state index contributed by atoms with van der Waals surface area (Å²) in [6, 6.07) is 5.52. The topological polar surface area (TPSA) is 158 Å². The zero-order valence-electron chi connectivity index (χ0n) is 14.4. The van der Waals surface area contributed by atoms with Gasteiger partial charge in [0.15, 0.2) is 0 Å². The molecule has 9 nitrogen and oxygen atoms in total. The van der Waals surface area contributed by atoms with Crippen LogP contribution in [0.5, 0.6) is 0 Å². The molecule has 0 aliphatic rings. The molecular formula is C18H13N7O2. The standard InChI is InChI=1S/C18H13N7O2/c1-8-12(21)3-10(4-19)16-14(8)24-15-9(2)13(22-6-26)17(23-7-27)11(5-20)18(15)25-16/h3,6-7H,21H2,1-2H3,(H,22,26)(H,23,27). The van der Waals surface area contributed by atoms with Crippen LogP contribution >= 0.6 is 0 Å². The molecule has 0 bridgehead atoms. The summed E-state index contributed by atoms with van der Waals surface area (Å²) in [5.74, 6) is 0. The quantitative estimate of drug-likeness (QED) is 0.364. The molecule has 0 radical (unpaired) electrons. The molecule has 2 aromatic carbocycles. The smallest absolute Gasteiger partial charge is 0.211 e. The van der Waals surface area contributed by atoms with Crippen LogP contribution in [0.1, 0.15) is 22.3 Å². The number of nitrogen functional groups attached to an aromatic ring is 1. The predicted octanol–water partition coefficient (Wildman–Crippen LogP) is 1.86. The van der Waals surface area contributed by atoms with E-state index in [1.54, 1.807) is 13.8 Å². The van der Waals surface area contributed by atoms with E-state index in [-0.39, 0.29) is 28.0 Å². The zero-order valence-corrected chi connectivity index (χ0v) is 14.4. The number of nitriles is 2. The minimum Gasteiger partial charge on any atom is -0.398 e. The van der Waals surface area contributed by atoms with Crippen LogP contribution in [0, 0.1) is 36.5 Å². The summed E-state index contributed by atoms with van der Waals surface area (Å²) in [4.78, 5) is 31.1. The SMILES string of the molecule is Cc1c(N)cc(C#N)c2nc3c(C#N)c(NC=O)c(NC=O)c(C)c3nc12. The average Bonchev–Trinajstić information content (AvgIpc) is 2.67. The van der Waals surface area contributed by atoms with Crippen LogP contribution in [0.4, 0.5) is 17.1 Å². The maximum Gasteiger partial charge on any atom is 0.211 e. The number of anilines is 3. The molecule has 0 saturated heterocycles. The van der Waals surface area contributed by atoms with Gasteiger partial charge in [-0.3, -0.25) is 9.59 Å². The fraction of sp³-hybridized carbons (Fsp3) is 0.111. The van der Waals surface area contributed by atoms with Gasteiger partial charge in [-0.15, -0.1) is 0 Å². The summed E-state index contributed by atoms with van der Waals surface area (Å²) in [7, 11) is 0. The molecule has 3 aromatic rings. The van der Waals surface area contributed by atoms with Gasteiger partial charge < -0.3 is 16.4 Å². The molecule has 9 heteroatoms. The number of carbonyl (C=O) groups excluding carboxylic acids is 2. The molecule has 1 heterocycles. The van der Waals surface area contributed by atoms with E-state index in [0.29, 0.717) is 46.2 Å². The first kappa shape index (κ1) is 17.6. The van der Waals surface area contributed by atoms with Crippen LogP contribution < -0.4 is 16.4 Å². The van der Waals surface area contributed by atoms with E-state index in [4.69, 9.17) is 5.73 Å². The fourth-order valence-corrected chi connectivity index (χ4v) is 2.98. The molecule has 132 valence electrons. The van der Waals surface area contributed by atoms with Gasteiger partial charge in [-0.05, 0) is 25.5 Å². The average molecular weight is 359 g/mol. The van der Waals surface area contributed by atoms with Crippen molar-refractivity contribution in [2.75, 3.05) is 16.4 Å². The Morgan fingerprint density at radius 3 is 2.11 bits per heavy atom. The number of fused-ring (bicyclic) bond motifs is 2. The lowest BCUT2D eigenvalue weighted by molar-refractivity contribution is -0.106. The number of amides is 2. The second-order valence-corrected chi connectivity index (χ2v) is 5.75. The van der Waals surface area contributed by atoms with Gasteiger partial charge in [0.2, 0.25) is 12.8 Å². The minimum atomic E-state index is 0.0276. The number of nitrogens with one attached hydrogen (secondary N) is 2. The Morgan fingerprint density at radius 1 is 0.926 bits per heavy atom. The summed E-state index contributed by atoms with van der Waals surface area (Å²) in [5, 5.41) is 24.0. The maximum absolute atomic E-state index is 11.0. The first-order valence-corrected chi connectivity index (χ1v) is 7.76. The number of hydrogen-bond donors (Lipinski definition) is 3. The summed E-state index contributed by atoms with van der Waals surface area (Å²) in [6.07, 6.45) is 0.842. The number of benzene rings is 2. The minimum absolute atomic E-state index is 0.0276. The number of aryl methyl sites for hydroxylation is 2. The van der Waals surface area contributed by atoms with Gasteiger partial charge in [-0.1, -0.05) is 0 Å². The van der Waals surface area contributed by atoms with Gasteiger partial charge in [0.25, 0.3) is 0 Å². The highest BCUT2D eigenvalue weighted by molar-refractivity contribution is 6.05. The van der Waals surface area contributed by atoms with Gasteiger partial charge >= 0.3 is 0 Å². The van der Waals surface area contributed by atoms with Gasteiger partial charge in [0.1, 0.15) is 28.7 Å². The lowest BCUT2D eigenvalue weighted by Gasteiger charge is -2.16. The normalized spacial score (nSPS) is 10.2. The second-order valence-electron chi connectivity index (χ2n) is 5.75. The monoisotopic (exact) mass is 359 g/mol. The first-order chi connectivity index (χ1) is 13.0. The van der Waals surface area contributed by atoms with Crippen LogP contribution in [0.15, 0.2) is 6.07 Å². The molecule has 3 rings (SSSR count). The van der Waals surface area contributed by atoms with Crippen molar-refractivity contribution in [1.29, 1.82) is 10.5 Å². The van der Waals surface area contributed by atoms with Crippen molar-refractivity contribution in [2.24, 2.45) is 0 Å². The number of aromatic nitrogens is 2. The molecule has 0 unspecified atom stereocenters. The van der Waals surface area contributed by atoms with E-state index in [2.05, 4.69) is 20.6 Å². The lowest BCUT2D eigenvalue weighted by Crippen LogP contribution is -2.09. The van der Waals surface area contributed by atoms with E-state index in [9.17, 15) is 20.1 Å². The summed E-state index contributed by atoms with van der Waals surface area (Å²) in [6.45, 7) is 3.44. The lowest BCUT2D eigenvalue weighted by atomic mass is 10.0. The van der Waals surface area contributed by atoms with Crippen LogP contribution in [0.2, 0.25) is 0 Å². The molecule has 0 fully saturated rings. The highest BCUT2D eigenvalue weighted by atomic mass is 16.1. The third-order valence-corrected chi connectivity index (χ3v) is 4.34. The van der Waals surface area contributed by atoms with Crippen molar-refractivity contribution in [2.45, 2.75) is 13.8 Å². The van der Waals surface area contributed by atoms with E-state index in [0.717, 1.165) is 0 Å². The Kier molecular flexibility index (Phi) is 4.28. The molecule has 0 aliphatic heterocycles. The van der Waals surface area contributed by atoms with Crippen LogP contribution in [-0.2, 0) is 9.59 Å². The van der Waals surface area contributed by atoms with Crippen molar-refractivity contribution >= 4 is 51.9 Å². The van der Waals surface area contributed by atoms with Crippen LogP contribution in [0.25, 0.3) is 22.1 Å². The van der Waals surface area contributed by atoms with E-state index in [1.165, 1.54) is 6.07 Å². The van der Waals surface area contributed by atoms with Crippen LogP contribution in [-0.4, -0.2) is 22.8 Å². The molecule has 4 N–H and O–H groups in total. The van der Waals surface area contributed by atoms with Crippen molar-refractivity contribution in [3.8, 4) is 12.1 Å². The summed E-state index contributed by atoms with van der Waals surface area (Å²) >= 11 is 0. The van der Waals surface area contributed by atoms with E-state index in [1.807, 2.05) is 12.1 Å². The van der Waals surface area contributed by atoms with Crippen molar-refractivity contribution in [3.63, 3.8) is 0 Å². The summed E-state index contributed by atoms with van der Waals surface area (Å²) in [5.41, 5.74) is 9.44. The molecule has 27 heavy (non-hydrogen) atoms. The van der Waals surface area contributed by atoms with E-state index < -0.39 is 0 Å². The molecule has 0 saturated carbocycles. The Balaban J connectivity index is 2.61. The Hall–Kier alpha value is -4.24. The van der Waals surface area contributed by atoms with Crippen molar-refractivity contribution in [3.05, 3.63) is 28.3 Å². The first-order valence-electron chi connectivity index (χ1n) is 7.76. The van der Waals surface area contributed by atoms with Crippen molar-refractivity contribution in [1.82, 2.24) is 9.97 Å². The molecule has 1 aromatic heterocycles. The van der Waals surface area contributed by atoms with Crippen molar-refractivity contribution < 1.29 is 9.59 Å². The molecule has 0 aliphatic carbocycles. The Morgan fingerprint density at radius 2 is 1.52 bits per heavy atom. The Bertz CT molecular complexity index is 1220. The number of nitrogens with zero attached hydrogens (tertiary/aromatic N) is 4. The highest BCUT2D eigenvalue weighted by Gasteiger charge is 2.21. The summed E-state index contributed by atoms with van der Waals surface area (Å²) < 4.78 is 0. The Labute approximate surface area is 153 Å². The van der Waals surface area contributed by atoms with Gasteiger partial charge in [0, 0.05) is 11.3 Å². The number of nitrogens with two attached hydrogens (primary N) is 1. The number of hydrogen-bond acceptors (Lipinski definition) is 7. The molecule has 2 amide bonds. The molecule has 0 atom stereocenters. The third-order valence-electron chi connectivity index (χ3n) is 4.34. The molecule has 0 spiro atoms. The van der Waals surface area contributed by atoms with Gasteiger partial charge in [0.05, 0.1) is 28.0 Å². The van der Waals surface area contributed by atoms with Crippen LogP contribution in [0.3, 0.4) is 0 Å². The number of rotatable bonds is 4. The number of carbonyl (C=O) groups is 2.